The van der Waals surface area contributed by atoms with Crippen molar-refractivity contribution in [2.75, 3.05) is 18.0 Å². The van der Waals surface area contributed by atoms with Gasteiger partial charge in [-0.05, 0) is 43.2 Å². The van der Waals surface area contributed by atoms with Gasteiger partial charge in [-0.3, -0.25) is 0 Å². The first-order chi connectivity index (χ1) is 8.70. The third kappa shape index (κ3) is 3.22. The summed E-state index contributed by atoms with van der Waals surface area (Å²) in [6.45, 7) is 7.46. The number of anilines is 1. The van der Waals surface area contributed by atoms with Crippen LogP contribution in [0.15, 0.2) is 18.2 Å². The van der Waals surface area contributed by atoms with E-state index >= 15 is 0 Å². The monoisotopic (exact) mass is 247 g/mol. The summed E-state index contributed by atoms with van der Waals surface area (Å²) in [5.74, 6) is 2.77. The van der Waals surface area contributed by atoms with Crippen molar-refractivity contribution in [2.45, 2.75) is 39.7 Å². The minimum Gasteiger partial charge on any atom is -0.357 e. The predicted octanol–water partition coefficient (Wildman–Crippen LogP) is 2.80. The van der Waals surface area contributed by atoms with Crippen LogP contribution >= 0.6 is 0 Å². The van der Waals surface area contributed by atoms with Crippen LogP contribution in [-0.2, 0) is 6.54 Å². The maximum Gasteiger partial charge on any atom is 0.128 e. The third-order valence-corrected chi connectivity index (χ3v) is 4.04. The van der Waals surface area contributed by atoms with E-state index < -0.39 is 0 Å². The van der Waals surface area contributed by atoms with Gasteiger partial charge in [-0.15, -0.1) is 0 Å². The van der Waals surface area contributed by atoms with Crippen molar-refractivity contribution >= 4 is 5.82 Å². The second kappa shape index (κ2) is 6.19. The first-order valence-electron chi connectivity index (χ1n) is 7.11. The molecule has 1 saturated heterocycles. The van der Waals surface area contributed by atoms with E-state index in [1.54, 1.807) is 0 Å². The molecule has 100 valence electrons. The molecule has 0 bridgehead atoms. The Morgan fingerprint density at radius 2 is 2.17 bits per heavy atom. The molecule has 1 aliphatic rings. The second-order valence-electron chi connectivity index (χ2n) is 5.61. The highest BCUT2D eigenvalue weighted by atomic mass is 15.2. The molecule has 1 aromatic heterocycles. The van der Waals surface area contributed by atoms with Gasteiger partial charge in [0.05, 0.1) is 5.69 Å². The van der Waals surface area contributed by atoms with Gasteiger partial charge in [0.2, 0.25) is 0 Å². The molecular weight excluding hydrogens is 222 g/mol. The largest absolute Gasteiger partial charge is 0.357 e. The molecule has 3 heteroatoms. The summed E-state index contributed by atoms with van der Waals surface area (Å²) in [7, 11) is 0. The van der Waals surface area contributed by atoms with E-state index in [4.69, 9.17) is 5.73 Å². The number of rotatable bonds is 3. The summed E-state index contributed by atoms with van der Waals surface area (Å²) in [5, 5.41) is 0. The summed E-state index contributed by atoms with van der Waals surface area (Å²) in [6, 6.07) is 6.17. The lowest BCUT2D eigenvalue weighted by molar-refractivity contribution is 0.351. The van der Waals surface area contributed by atoms with Crippen molar-refractivity contribution in [3.63, 3.8) is 0 Å². The van der Waals surface area contributed by atoms with E-state index in [9.17, 15) is 0 Å². The molecule has 3 nitrogen and oxygen atoms in total. The van der Waals surface area contributed by atoms with Crippen molar-refractivity contribution in [2.24, 2.45) is 17.6 Å². The third-order valence-electron chi connectivity index (χ3n) is 4.04. The Balaban J connectivity index is 2.04. The number of pyridine rings is 1. The van der Waals surface area contributed by atoms with Gasteiger partial charge in [0.1, 0.15) is 5.82 Å². The SMILES string of the molecule is CC(C)C1CCCN(c2cccc(CN)n2)CC1. The normalized spacial score (nSPS) is 21.1. The molecule has 1 aromatic rings. The first kappa shape index (κ1) is 13.3. The van der Waals surface area contributed by atoms with Gasteiger partial charge in [0.25, 0.3) is 0 Å². The van der Waals surface area contributed by atoms with Gasteiger partial charge in [-0.2, -0.15) is 0 Å². The number of nitrogens with zero attached hydrogens (tertiary/aromatic N) is 2. The summed E-state index contributed by atoms with van der Waals surface area (Å²) in [5.41, 5.74) is 6.64. The molecule has 2 rings (SSSR count). The van der Waals surface area contributed by atoms with E-state index in [1.165, 1.54) is 19.3 Å². The van der Waals surface area contributed by atoms with Gasteiger partial charge in [0, 0.05) is 19.6 Å². The van der Waals surface area contributed by atoms with Gasteiger partial charge < -0.3 is 10.6 Å². The molecule has 1 atom stereocenters. The second-order valence-corrected chi connectivity index (χ2v) is 5.61. The van der Waals surface area contributed by atoms with Crippen LogP contribution in [-0.4, -0.2) is 18.1 Å². The summed E-state index contributed by atoms with van der Waals surface area (Å²) < 4.78 is 0. The quantitative estimate of drug-likeness (QED) is 0.893. The van der Waals surface area contributed by atoms with Crippen LogP contribution < -0.4 is 10.6 Å². The van der Waals surface area contributed by atoms with Crippen molar-refractivity contribution in [1.82, 2.24) is 4.98 Å². The topological polar surface area (TPSA) is 42.1 Å². The molecule has 18 heavy (non-hydrogen) atoms. The molecule has 0 spiro atoms. The van der Waals surface area contributed by atoms with E-state index in [2.05, 4.69) is 35.9 Å². The molecular formula is C15H25N3. The van der Waals surface area contributed by atoms with Crippen molar-refractivity contribution in [3.05, 3.63) is 23.9 Å². The fourth-order valence-electron chi connectivity index (χ4n) is 2.77. The standard InChI is InChI=1S/C15H25N3/c1-12(2)13-5-4-9-18(10-8-13)15-7-3-6-14(11-16)17-15/h3,6-7,12-13H,4-5,8-11,16H2,1-2H3. The maximum absolute atomic E-state index is 5.66. The van der Waals surface area contributed by atoms with Crippen LogP contribution in [0.5, 0.6) is 0 Å². The molecule has 0 radical (unpaired) electrons. The van der Waals surface area contributed by atoms with Crippen LogP contribution in [0.3, 0.4) is 0 Å². The Bertz CT molecular complexity index is 376. The zero-order valence-corrected chi connectivity index (χ0v) is 11.6. The summed E-state index contributed by atoms with van der Waals surface area (Å²) >= 11 is 0. The Kier molecular flexibility index (Phi) is 4.59. The van der Waals surface area contributed by atoms with Gasteiger partial charge >= 0.3 is 0 Å². The van der Waals surface area contributed by atoms with Crippen LogP contribution in [0.4, 0.5) is 5.82 Å². The average molecular weight is 247 g/mol. The molecule has 2 N–H and O–H groups in total. The molecule has 1 fully saturated rings. The zero-order chi connectivity index (χ0) is 13.0. The van der Waals surface area contributed by atoms with E-state index in [0.717, 1.165) is 36.4 Å². The van der Waals surface area contributed by atoms with Crippen LogP contribution in [0.25, 0.3) is 0 Å². The lowest BCUT2D eigenvalue weighted by atomic mass is 9.89. The van der Waals surface area contributed by atoms with E-state index in [1.807, 2.05) is 6.07 Å². The maximum atomic E-state index is 5.66. The molecule has 0 aliphatic carbocycles. The molecule has 0 saturated carbocycles. The highest BCUT2D eigenvalue weighted by Crippen LogP contribution is 2.26. The van der Waals surface area contributed by atoms with Crippen LogP contribution in [0.1, 0.15) is 38.8 Å². The Morgan fingerprint density at radius 3 is 2.89 bits per heavy atom. The van der Waals surface area contributed by atoms with E-state index in [-0.39, 0.29) is 0 Å². The zero-order valence-electron chi connectivity index (χ0n) is 11.6. The summed E-state index contributed by atoms with van der Waals surface area (Å²) in [4.78, 5) is 7.05. The number of nitrogens with two attached hydrogens (primary N) is 1. The molecule has 2 heterocycles. The lowest BCUT2D eigenvalue weighted by Crippen LogP contribution is -2.25. The van der Waals surface area contributed by atoms with Crippen LogP contribution in [0.2, 0.25) is 0 Å². The minimum atomic E-state index is 0.524. The first-order valence-corrected chi connectivity index (χ1v) is 7.11. The highest BCUT2D eigenvalue weighted by Gasteiger charge is 2.20. The minimum absolute atomic E-state index is 0.524. The van der Waals surface area contributed by atoms with Gasteiger partial charge in [0.15, 0.2) is 0 Å². The van der Waals surface area contributed by atoms with E-state index in [0.29, 0.717) is 6.54 Å². The molecule has 0 aromatic carbocycles. The number of hydrogen-bond acceptors (Lipinski definition) is 3. The number of aromatic nitrogens is 1. The Labute approximate surface area is 110 Å². The van der Waals surface area contributed by atoms with Crippen molar-refractivity contribution < 1.29 is 0 Å². The Morgan fingerprint density at radius 1 is 1.33 bits per heavy atom. The fourth-order valence-corrected chi connectivity index (χ4v) is 2.77. The molecule has 1 aliphatic heterocycles. The van der Waals surface area contributed by atoms with Gasteiger partial charge in [-0.25, -0.2) is 4.98 Å². The van der Waals surface area contributed by atoms with Crippen LogP contribution in [0, 0.1) is 11.8 Å². The summed E-state index contributed by atoms with van der Waals surface area (Å²) in [6.07, 6.45) is 3.91. The smallest absolute Gasteiger partial charge is 0.128 e. The number of hydrogen-bond donors (Lipinski definition) is 1. The van der Waals surface area contributed by atoms with Crippen molar-refractivity contribution in [1.29, 1.82) is 0 Å². The highest BCUT2D eigenvalue weighted by molar-refractivity contribution is 5.39. The fraction of sp³-hybridized carbons (Fsp3) is 0.667. The molecule has 1 unspecified atom stereocenters. The predicted molar refractivity (Wildman–Crippen MR) is 76.5 cm³/mol. The van der Waals surface area contributed by atoms with Crippen molar-refractivity contribution in [3.8, 4) is 0 Å². The van der Waals surface area contributed by atoms with Gasteiger partial charge in [-0.1, -0.05) is 19.9 Å². The Hall–Kier alpha value is -1.09. The lowest BCUT2D eigenvalue weighted by Gasteiger charge is -2.22. The average Bonchev–Trinajstić information content (AvgIpc) is 2.64. The molecule has 0 amide bonds.